The maximum absolute atomic E-state index is 12.5. The predicted octanol–water partition coefficient (Wildman–Crippen LogP) is 17.7. The molecule has 2 atom stereocenters. The molecule has 6 heteroatoms. The molecular weight excluding hydrogens is 791 g/mol. The molecule has 0 aromatic rings. The molecule has 0 fully saturated rings. The van der Waals surface area contributed by atoms with E-state index < -0.39 is 12.1 Å². The van der Waals surface area contributed by atoms with Gasteiger partial charge in [0.15, 0.2) is 0 Å². The number of carbonyl (C=O) groups is 2. The van der Waals surface area contributed by atoms with Crippen molar-refractivity contribution < 1.29 is 24.5 Å². The van der Waals surface area contributed by atoms with Gasteiger partial charge in [-0.05, 0) is 51.4 Å². The summed E-state index contributed by atoms with van der Waals surface area (Å²) in [5.41, 5.74) is 0. The van der Waals surface area contributed by atoms with Crippen LogP contribution in [0.3, 0.4) is 0 Å². The first-order chi connectivity index (χ1) is 31.5. The quantitative estimate of drug-likeness (QED) is 0.0321. The zero-order valence-corrected chi connectivity index (χ0v) is 43.3. The SMILES string of the molecule is CCCCC/C=C\CCCCCCCC(=O)OCCCCCCCCCCCCCCCCCCCCCCC(=O)NC(CO)C(O)CCCCCCCCCCCCCCCCC. The third kappa shape index (κ3) is 50.0. The van der Waals surface area contributed by atoms with Gasteiger partial charge >= 0.3 is 5.97 Å². The van der Waals surface area contributed by atoms with Gasteiger partial charge in [-0.15, -0.1) is 0 Å². The molecule has 3 N–H and O–H groups in total. The molecule has 6 nitrogen and oxygen atoms in total. The molecule has 0 radical (unpaired) electrons. The van der Waals surface area contributed by atoms with E-state index in [1.807, 2.05) is 0 Å². The summed E-state index contributed by atoms with van der Waals surface area (Å²) in [7, 11) is 0. The fourth-order valence-corrected chi connectivity index (χ4v) is 9.11. The minimum Gasteiger partial charge on any atom is -0.466 e. The third-order valence-corrected chi connectivity index (χ3v) is 13.6. The highest BCUT2D eigenvalue weighted by atomic mass is 16.5. The Bertz CT molecular complexity index is 955. The Labute approximate surface area is 399 Å². The largest absolute Gasteiger partial charge is 0.466 e. The first kappa shape index (κ1) is 62.6. The van der Waals surface area contributed by atoms with Crippen molar-refractivity contribution in [2.24, 2.45) is 0 Å². The number of unbranched alkanes of at least 4 members (excludes halogenated alkanes) is 41. The Balaban J connectivity index is 3.39. The molecule has 0 aliphatic carbocycles. The Morgan fingerprint density at radius 3 is 1.14 bits per heavy atom. The van der Waals surface area contributed by atoms with Gasteiger partial charge in [-0.2, -0.15) is 0 Å². The van der Waals surface area contributed by atoms with Gasteiger partial charge in [0, 0.05) is 12.8 Å². The molecule has 0 bridgehead atoms. The highest BCUT2D eigenvalue weighted by molar-refractivity contribution is 5.76. The van der Waals surface area contributed by atoms with Crippen LogP contribution < -0.4 is 5.32 Å². The molecule has 0 rings (SSSR count). The van der Waals surface area contributed by atoms with E-state index in [1.54, 1.807) is 0 Å². The lowest BCUT2D eigenvalue weighted by molar-refractivity contribution is -0.143. The van der Waals surface area contributed by atoms with Gasteiger partial charge in [0.2, 0.25) is 5.91 Å². The van der Waals surface area contributed by atoms with E-state index in [2.05, 4.69) is 31.3 Å². The molecular formula is C58H113NO5. The standard InChI is InChI=1S/C58H113NO5/c1-3-5-7-9-11-13-15-17-24-27-30-34-38-42-46-50-56(61)55(54-60)59-57(62)51-47-43-39-35-31-28-25-22-20-18-19-21-23-26-29-33-37-41-45-49-53-64-58(63)52-48-44-40-36-32-16-14-12-10-8-6-4-2/h12,14,55-56,60-61H,3-11,13,15-54H2,1-2H3,(H,59,62)/b14-12-. The molecule has 0 spiro atoms. The molecule has 0 aliphatic heterocycles. The number of nitrogens with one attached hydrogen (secondary N) is 1. The number of amides is 1. The highest BCUT2D eigenvalue weighted by Crippen LogP contribution is 2.18. The van der Waals surface area contributed by atoms with Gasteiger partial charge in [-0.1, -0.05) is 270 Å². The monoisotopic (exact) mass is 904 g/mol. The fraction of sp³-hybridized carbons (Fsp3) is 0.931. The lowest BCUT2D eigenvalue weighted by Crippen LogP contribution is -2.45. The second-order valence-corrected chi connectivity index (χ2v) is 20.0. The molecule has 0 saturated carbocycles. The normalized spacial score (nSPS) is 12.6. The van der Waals surface area contributed by atoms with Crippen LogP contribution in [0.4, 0.5) is 0 Å². The molecule has 1 amide bonds. The zero-order valence-electron chi connectivity index (χ0n) is 43.3. The molecule has 0 aliphatic rings. The van der Waals surface area contributed by atoms with Crippen LogP contribution in [0.2, 0.25) is 0 Å². The summed E-state index contributed by atoms with van der Waals surface area (Å²) >= 11 is 0. The zero-order chi connectivity index (χ0) is 46.5. The van der Waals surface area contributed by atoms with E-state index in [4.69, 9.17) is 4.74 Å². The molecule has 2 unspecified atom stereocenters. The first-order valence-corrected chi connectivity index (χ1v) is 28.9. The summed E-state index contributed by atoms with van der Waals surface area (Å²) in [6.07, 6.45) is 63.4. The minimum atomic E-state index is -0.664. The van der Waals surface area contributed by atoms with Crippen LogP contribution in [0.5, 0.6) is 0 Å². The van der Waals surface area contributed by atoms with Gasteiger partial charge in [0.25, 0.3) is 0 Å². The van der Waals surface area contributed by atoms with Crippen LogP contribution in [0.1, 0.15) is 322 Å². The van der Waals surface area contributed by atoms with Gasteiger partial charge in [0.1, 0.15) is 0 Å². The van der Waals surface area contributed by atoms with Crippen molar-refractivity contribution >= 4 is 11.9 Å². The fourth-order valence-electron chi connectivity index (χ4n) is 9.11. The van der Waals surface area contributed by atoms with E-state index in [-0.39, 0.29) is 18.5 Å². The number of carbonyl (C=O) groups excluding carboxylic acids is 2. The maximum atomic E-state index is 12.5. The van der Waals surface area contributed by atoms with E-state index >= 15 is 0 Å². The highest BCUT2D eigenvalue weighted by Gasteiger charge is 2.20. The average molecular weight is 905 g/mol. The van der Waals surface area contributed by atoms with E-state index in [0.717, 1.165) is 44.9 Å². The Morgan fingerprint density at radius 2 is 0.734 bits per heavy atom. The van der Waals surface area contributed by atoms with Gasteiger partial charge in [0.05, 0.1) is 25.4 Å². The van der Waals surface area contributed by atoms with Crippen LogP contribution >= 0.6 is 0 Å². The van der Waals surface area contributed by atoms with E-state index in [0.29, 0.717) is 25.9 Å². The number of rotatable bonds is 54. The topological polar surface area (TPSA) is 95.9 Å². The van der Waals surface area contributed by atoms with Crippen molar-refractivity contribution in [3.8, 4) is 0 Å². The minimum absolute atomic E-state index is 0.000971. The summed E-state index contributed by atoms with van der Waals surface area (Å²) in [6, 6.07) is -0.542. The van der Waals surface area contributed by atoms with Crippen molar-refractivity contribution in [2.45, 2.75) is 334 Å². The molecule has 0 aromatic carbocycles. The van der Waals surface area contributed by atoms with Crippen LogP contribution in [0.15, 0.2) is 12.2 Å². The molecule has 64 heavy (non-hydrogen) atoms. The van der Waals surface area contributed by atoms with Crippen LogP contribution in [-0.4, -0.2) is 47.4 Å². The van der Waals surface area contributed by atoms with Crippen molar-refractivity contribution in [1.29, 1.82) is 0 Å². The van der Waals surface area contributed by atoms with E-state index in [9.17, 15) is 19.8 Å². The van der Waals surface area contributed by atoms with Crippen LogP contribution in [0, 0.1) is 0 Å². The molecule has 0 aromatic heterocycles. The summed E-state index contributed by atoms with van der Waals surface area (Å²) in [5, 5.41) is 23.3. The van der Waals surface area contributed by atoms with Crippen molar-refractivity contribution in [3.63, 3.8) is 0 Å². The maximum Gasteiger partial charge on any atom is 0.305 e. The average Bonchev–Trinajstić information content (AvgIpc) is 3.29. The van der Waals surface area contributed by atoms with E-state index in [1.165, 1.54) is 244 Å². The smallest absolute Gasteiger partial charge is 0.305 e. The van der Waals surface area contributed by atoms with Gasteiger partial charge in [-0.3, -0.25) is 9.59 Å². The van der Waals surface area contributed by atoms with Crippen molar-refractivity contribution in [1.82, 2.24) is 5.32 Å². The third-order valence-electron chi connectivity index (χ3n) is 13.6. The molecule has 380 valence electrons. The Kier molecular flexibility index (Phi) is 53.0. The lowest BCUT2D eigenvalue weighted by Gasteiger charge is -2.22. The second kappa shape index (κ2) is 54.2. The number of aliphatic hydroxyl groups is 2. The first-order valence-electron chi connectivity index (χ1n) is 28.9. The van der Waals surface area contributed by atoms with Gasteiger partial charge < -0.3 is 20.3 Å². The summed E-state index contributed by atoms with van der Waals surface area (Å²) in [6.45, 7) is 4.94. The predicted molar refractivity (Wildman–Crippen MR) is 278 cm³/mol. The van der Waals surface area contributed by atoms with Crippen molar-refractivity contribution in [2.75, 3.05) is 13.2 Å². The van der Waals surface area contributed by atoms with Crippen LogP contribution in [0.25, 0.3) is 0 Å². The summed E-state index contributed by atoms with van der Waals surface area (Å²) in [4.78, 5) is 24.5. The van der Waals surface area contributed by atoms with Crippen molar-refractivity contribution in [3.05, 3.63) is 12.2 Å². The summed E-state index contributed by atoms with van der Waals surface area (Å²) < 4.78 is 5.46. The lowest BCUT2D eigenvalue weighted by atomic mass is 10.0. The van der Waals surface area contributed by atoms with Crippen LogP contribution in [-0.2, 0) is 14.3 Å². The number of esters is 1. The second-order valence-electron chi connectivity index (χ2n) is 20.0. The number of allylic oxidation sites excluding steroid dienone is 2. The Hall–Kier alpha value is -1.40. The number of hydrogen-bond donors (Lipinski definition) is 3. The molecule has 0 heterocycles. The number of hydrogen-bond acceptors (Lipinski definition) is 5. The molecule has 0 saturated heterocycles. The Morgan fingerprint density at radius 1 is 0.422 bits per heavy atom. The number of ether oxygens (including phenoxy) is 1. The summed E-state index contributed by atoms with van der Waals surface area (Å²) in [5.74, 6) is -0.0340. The number of aliphatic hydroxyl groups excluding tert-OH is 2. The van der Waals surface area contributed by atoms with Gasteiger partial charge in [-0.25, -0.2) is 0 Å².